The predicted molar refractivity (Wildman–Crippen MR) is 111 cm³/mol. The Balaban J connectivity index is 1.81. The van der Waals surface area contributed by atoms with Gasteiger partial charge in [-0.15, -0.1) is 0 Å². The van der Waals surface area contributed by atoms with Gasteiger partial charge < -0.3 is 19.7 Å². The van der Waals surface area contributed by atoms with E-state index >= 15 is 0 Å². The molecule has 3 rings (SSSR count). The van der Waals surface area contributed by atoms with Gasteiger partial charge in [0.05, 0.1) is 22.8 Å². The molecule has 5 nitrogen and oxygen atoms in total. The van der Waals surface area contributed by atoms with Crippen LogP contribution in [0.3, 0.4) is 0 Å². The Morgan fingerprint density at radius 1 is 1.10 bits per heavy atom. The van der Waals surface area contributed by atoms with Crippen molar-refractivity contribution in [1.82, 2.24) is 0 Å². The van der Waals surface area contributed by atoms with Gasteiger partial charge in [0.1, 0.15) is 5.75 Å². The quantitative estimate of drug-likeness (QED) is 0.527. The molecule has 2 aromatic rings. The van der Waals surface area contributed by atoms with E-state index < -0.39 is 18.4 Å². The molecule has 7 heteroatoms. The van der Waals surface area contributed by atoms with Crippen molar-refractivity contribution in [3.05, 3.63) is 75.8 Å². The third-order valence-electron chi connectivity index (χ3n) is 4.77. The highest BCUT2D eigenvalue weighted by Crippen LogP contribution is 2.45. The summed E-state index contributed by atoms with van der Waals surface area (Å²) >= 11 is 12.6. The van der Waals surface area contributed by atoms with E-state index in [1.54, 1.807) is 30.3 Å². The molecule has 0 saturated carbocycles. The van der Waals surface area contributed by atoms with Crippen LogP contribution in [0.4, 0.5) is 0 Å². The molecule has 2 N–H and O–H groups in total. The van der Waals surface area contributed by atoms with E-state index in [2.05, 4.69) is 0 Å². The molecule has 0 spiro atoms. The molecule has 1 aliphatic heterocycles. The number of aromatic hydroxyl groups is 1. The zero-order valence-corrected chi connectivity index (χ0v) is 17.1. The molecule has 2 aromatic carbocycles. The number of rotatable bonds is 7. The van der Waals surface area contributed by atoms with E-state index in [1.807, 2.05) is 24.3 Å². The summed E-state index contributed by atoms with van der Waals surface area (Å²) in [6.07, 6.45) is 3.73. The van der Waals surface area contributed by atoms with Gasteiger partial charge in [0, 0.05) is 23.5 Å². The van der Waals surface area contributed by atoms with Crippen LogP contribution in [-0.4, -0.2) is 22.8 Å². The average molecular weight is 437 g/mol. The number of phenolic OH excluding ortho intramolecular Hbond substituents is 1. The lowest BCUT2D eigenvalue weighted by Gasteiger charge is -2.37. The molecule has 154 valence electrons. The maximum Gasteiger partial charge on any atom is 0.303 e. The molecule has 0 unspecified atom stereocenters. The molecule has 1 fully saturated rings. The SMILES string of the molecule is O=C(O)CCC=CC[C@@H]1CO[C@H](c2c(Cl)cccc2Cl)O[C@@H]1c1ccccc1O. The first-order valence-corrected chi connectivity index (χ1v) is 10.1. The molecular formula is C22H22Cl2O5. The molecule has 29 heavy (non-hydrogen) atoms. The number of aliphatic carboxylic acids is 1. The van der Waals surface area contributed by atoms with Crippen molar-refractivity contribution < 1.29 is 24.5 Å². The van der Waals surface area contributed by atoms with Crippen molar-refractivity contribution in [2.24, 2.45) is 5.92 Å². The van der Waals surface area contributed by atoms with Gasteiger partial charge in [0.15, 0.2) is 6.29 Å². The number of carbonyl (C=O) groups is 1. The summed E-state index contributed by atoms with van der Waals surface area (Å²) in [5, 5.41) is 20.0. The van der Waals surface area contributed by atoms with E-state index in [4.69, 9.17) is 37.8 Å². The highest BCUT2D eigenvalue weighted by atomic mass is 35.5. The molecule has 1 aliphatic rings. The molecule has 1 heterocycles. The molecular weight excluding hydrogens is 415 g/mol. The summed E-state index contributed by atoms with van der Waals surface area (Å²) in [6.45, 7) is 0.370. The van der Waals surface area contributed by atoms with Gasteiger partial charge in [0.25, 0.3) is 0 Å². The van der Waals surface area contributed by atoms with E-state index in [0.29, 0.717) is 40.6 Å². The Labute approximate surface area is 179 Å². The van der Waals surface area contributed by atoms with Gasteiger partial charge in [-0.05, 0) is 31.0 Å². The van der Waals surface area contributed by atoms with Crippen molar-refractivity contribution in [3.63, 3.8) is 0 Å². The van der Waals surface area contributed by atoms with Gasteiger partial charge in [-0.1, -0.05) is 59.6 Å². The maximum absolute atomic E-state index is 10.6. The Bertz CT molecular complexity index is 863. The van der Waals surface area contributed by atoms with E-state index in [1.165, 1.54) is 0 Å². The van der Waals surface area contributed by atoms with E-state index in [0.717, 1.165) is 0 Å². The lowest BCUT2D eigenvalue weighted by molar-refractivity contribution is -0.244. The van der Waals surface area contributed by atoms with Crippen LogP contribution in [0.1, 0.15) is 42.8 Å². The van der Waals surface area contributed by atoms with Crippen LogP contribution in [0.25, 0.3) is 0 Å². The lowest BCUT2D eigenvalue weighted by atomic mass is 9.91. The molecule has 0 aliphatic carbocycles. The number of carboxylic acid groups (broad SMARTS) is 1. The zero-order valence-electron chi connectivity index (χ0n) is 15.6. The van der Waals surface area contributed by atoms with Crippen molar-refractivity contribution in [3.8, 4) is 5.75 Å². The fourth-order valence-electron chi connectivity index (χ4n) is 3.31. The standard InChI is InChI=1S/C22H22Cl2O5/c23-16-9-6-10-17(24)20(16)22-28-13-14(7-2-1-3-12-19(26)27)21(29-22)15-8-4-5-11-18(15)25/h1-2,4-6,8-11,14,21-22,25H,3,7,12-13H2,(H,26,27)/t14-,21+,22+/m1/s1. The third kappa shape index (κ3) is 5.52. The largest absolute Gasteiger partial charge is 0.508 e. The van der Waals surface area contributed by atoms with Gasteiger partial charge >= 0.3 is 5.97 Å². The normalized spacial score (nSPS) is 22.1. The number of ether oxygens (including phenoxy) is 2. The monoisotopic (exact) mass is 436 g/mol. The van der Waals surface area contributed by atoms with Crippen molar-refractivity contribution in [2.45, 2.75) is 31.7 Å². The van der Waals surface area contributed by atoms with Crippen LogP contribution in [0.5, 0.6) is 5.75 Å². The Hall–Kier alpha value is -2.05. The molecule has 0 bridgehead atoms. The zero-order chi connectivity index (χ0) is 20.8. The van der Waals surface area contributed by atoms with Crippen molar-refractivity contribution in [2.75, 3.05) is 6.61 Å². The number of halogens is 2. The first kappa shape index (κ1) is 21.7. The van der Waals surface area contributed by atoms with Crippen molar-refractivity contribution >= 4 is 29.2 Å². The molecule has 0 radical (unpaired) electrons. The summed E-state index contributed by atoms with van der Waals surface area (Å²) < 4.78 is 12.2. The number of phenols is 1. The van der Waals surface area contributed by atoms with Crippen LogP contribution >= 0.6 is 23.2 Å². The smallest absolute Gasteiger partial charge is 0.303 e. The fourth-order valence-corrected chi connectivity index (χ4v) is 3.89. The highest BCUT2D eigenvalue weighted by molar-refractivity contribution is 6.36. The summed E-state index contributed by atoms with van der Waals surface area (Å²) in [4.78, 5) is 10.6. The minimum Gasteiger partial charge on any atom is -0.508 e. The minimum atomic E-state index is -0.828. The summed E-state index contributed by atoms with van der Waals surface area (Å²) in [5.74, 6) is -0.754. The van der Waals surface area contributed by atoms with Gasteiger partial charge in [-0.3, -0.25) is 4.79 Å². The van der Waals surface area contributed by atoms with Gasteiger partial charge in [-0.2, -0.15) is 0 Å². The van der Waals surface area contributed by atoms with Crippen LogP contribution in [0.2, 0.25) is 10.0 Å². The predicted octanol–water partition coefficient (Wildman–Crippen LogP) is 5.91. The summed E-state index contributed by atoms with van der Waals surface area (Å²) in [5.41, 5.74) is 1.22. The first-order valence-electron chi connectivity index (χ1n) is 9.33. The molecule has 3 atom stereocenters. The topological polar surface area (TPSA) is 76.0 Å². The van der Waals surface area contributed by atoms with Crippen LogP contribution in [-0.2, 0) is 14.3 Å². The number of benzene rings is 2. The number of para-hydroxylation sites is 1. The molecule has 1 saturated heterocycles. The second kappa shape index (κ2) is 10.1. The third-order valence-corrected chi connectivity index (χ3v) is 5.43. The second-order valence-corrected chi connectivity index (χ2v) is 7.63. The number of hydrogen-bond acceptors (Lipinski definition) is 4. The lowest BCUT2D eigenvalue weighted by Crippen LogP contribution is -2.30. The van der Waals surface area contributed by atoms with Crippen LogP contribution in [0, 0.1) is 5.92 Å². The van der Waals surface area contributed by atoms with E-state index in [-0.39, 0.29) is 18.1 Å². The van der Waals surface area contributed by atoms with Crippen LogP contribution in [0.15, 0.2) is 54.6 Å². The minimum absolute atomic E-state index is 0.0677. The average Bonchev–Trinajstić information content (AvgIpc) is 2.68. The van der Waals surface area contributed by atoms with Gasteiger partial charge in [-0.25, -0.2) is 0 Å². The Morgan fingerprint density at radius 3 is 2.52 bits per heavy atom. The molecule has 0 aromatic heterocycles. The van der Waals surface area contributed by atoms with Gasteiger partial charge in [0.2, 0.25) is 0 Å². The Morgan fingerprint density at radius 2 is 1.83 bits per heavy atom. The maximum atomic E-state index is 10.6. The number of allylic oxidation sites excluding steroid dienone is 2. The number of carboxylic acids is 1. The highest BCUT2D eigenvalue weighted by Gasteiger charge is 2.36. The van der Waals surface area contributed by atoms with Crippen LogP contribution < -0.4 is 0 Å². The molecule has 0 amide bonds. The summed E-state index contributed by atoms with van der Waals surface area (Å²) in [6, 6.07) is 12.2. The second-order valence-electron chi connectivity index (χ2n) is 6.82. The Kier molecular flexibility index (Phi) is 7.56. The fraction of sp³-hybridized carbons (Fsp3) is 0.318. The first-order chi connectivity index (χ1) is 14.0. The number of hydrogen-bond donors (Lipinski definition) is 2. The van der Waals surface area contributed by atoms with E-state index in [9.17, 15) is 9.90 Å². The van der Waals surface area contributed by atoms with Crippen molar-refractivity contribution in [1.29, 1.82) is 0 Å². The summed E-state index contributed by atoms with van der Waals surface area (Å²) in [7, 11) is 0.